The maximum absolute atomic E-state index is 12.2. The van der Waals surface area contributed by atoms with Crippen LogP contribution in [0.3, 0.4) is 0 Å². The van der Waals surface area contributed by atoms with E-state index >= 15 is 0 Å². The van der Waals surface area contributed by atoms with Crippen LogP contribution in [0.4, 0.5) is 0 Å². The minimum atomic E-state index is -0.179. The Balaban J connectivity index is 2.15. The van der Waals surface area contributed by atoms with E-state index in [1.807, 2.05) is 31.2 Å². The van der Waals surface area contributed by atoms with Gasteiger partial charge in [-0.25, -0.2) is 4.79 Å². The zero-order chi connectivity index (χ0) is 17.6. The number of carbonyl (C=O) groups is 1. The molecule has 0 N–H and O–H groups in total. The van der Waals surface area contributed by atoms with Crippen LogP contribution in [0.15, 0.2) is 24.3 Å². The van der Waals surface area contributed by atoms with Crippen LogP contribution in [0.5, 0.6) is 0 Å². The number of hydrogen-bond donors (Lipinski definition) is 0. The van der Waals surface area contributed by atoms with Gasteiger partial charge in [0.15, 0.2) is 0 Å². The number of aryl methyl sites for hydroxylation is 1. The zero-order valence-electron chi connectivity index (χ0n) is 16.0. The number of ether oxygens (including phenoxy) is 1. The first-order chi connectivity index (χ1) is 11.7. The molecular formula is C22H36O2. The fourth-order valence-electron chi connectivity index (χ4n) is 3.02. The molecule has 2 heteroatoms. The van der Waals surface area contributed by atoms with Crippen LogP contribution in [0, 0.1) is 6.92 Å². The van der Waals surface area contributed by atoms with Crippen LogP contribution in [0.1, 0.15) is 100 Å². The van der Waals surface area contributed by atoms with E-state index in [2.05, 4.69) is 13.8 Å². The van der Waals surface area contributed by atoms with Gasteiger partial charge in [-0.3, -0.25) is 0 Å². The summed E-state index contributed by atoms with van der Waals surface area (Å²) in [6.07, 6.45) is 13.9. The SMILES string of the molecule is CCCCCCCCCCCC(CC)OC(=O)c1cccc(C)c1. The maximum Gasteiger partial charge on any atom is 0.338 e. The molecule has 0 amide bonds. The number of rotatable bonds is 13. The van der Waals surface area contributed by atoms with Gasteiger partial charge >= 0.3 is 5.97 Å². The van der Waals surface area contributed by atoms with Gasteiger partial charge in [0.1, 0.15) is 6.10 Å². The largest absolute Gasteiger partial charge is 0.459 e. The van der Waals surface area contributed by atoms with Gasteiger partial charge in [-0.2, -0.15) is 0 Å². The monoisotopic (exact) mass is 332 g/mol. The third kappa shape index (κ3) is 9.10. The molecule has 0 fully saturated rings. The Kier molecular flexibility index (Phi) is 11.3. The molecule has 1 aromatic carbocycles. The van der Waals surface area contributed by atoms with Gasteiger partial charge < -0.3 is 4.74 Å². The third-order valence-corrected chi connectivity index (χ3v) is 4.61. The molecule has 0 spiro atoms. The zero-order valence-corrected chi connectivity index (χ0v) is 16.0. The molecule has 0 aliphatic rings. The molecule has 136 valence electrons. The predicted molar refractivity (Wildman–Crippen MR) is 103 cm³/mol. The van der Waals surface area contributed by atoms with Gasteiger partial charge in [-0.1, -0.05) is 82.9 Å². The Morgan fingerprint density at radius 1 is 0.958 bits per heavy atom. The molecule has 24 heavy (non-hydrogen) atoms. The quantitative estimate of drug-likeness (QED) is 0.291. The lowest BCUT2D eigenvalue weighted by atomic mass is 10.0. The minimum absolute atomic E-state index is 0.0579. The summed E-state index contributed by atoms with van der Waals surface area (Å²) in [5, 5.41) is 0. The fourth-order valence-corrected chi connectivity index (χ4v) is 3.02. The van der Waals surface area contributed by atoms with Crippen molar-refractivity contribution in [3.8, 4) is 0 Å². The van der Waals surface area contributed by atoms with Gasteiger partial charge in [0.2, 0.25) is 0 Å². The van der Waals surface area contributed by atoms with Crippen LogP contribution in [-0.2, 0) is 4.74 Å². The topological polar surface area (TPSA) is 26.3 Å². The molecular weight excluding hydrogens is 296 g/mol. The molecule has 1 aromatic rings. The van der Waals surface area contributed by atoms with Crippen molar-refractivity contribution in [3.63, 3.8) is 0 Å². The Morgan fingerprint density at radius 2 is 1.58 bits per heavy atom. The highest BCUT2D eigenvalue weighted by atomic mass is 16.5. The van der Waals surface area contributed by atoms with Gasteiger partial charge in [0, 0.05) is 0 Å². The van der Waals surface area contributed by atoms with E-state index in [0.29, 0.717) is 5.56 Å². The maximum atomic E-state index is 12.2. The average molecular weight is 333 g/mol. The number of hydrogen-bond acceptors (Lipinski definition) is 2. The first-order valence-corrected chi connectivity index (χ1v) is 9.95. The fraction of sp³-hybridized carbons (Fsp3) is 0.682. The first kappa shape index (κ1) is 20.7. The van der Waals surface area contributed by atoms with Crippen LogP contribution in [0.25, 0.3) is 0 Å². The summed E-state index contributed by atoms with van der Waals surface area (Å²) in [4.78, 5) is 12.2. The third-order valence-electron chi connectivity index (χ3n) is 4.61. The second-order valence-corrected chi connectivity index (χ2v) is 6.92. The van der Waals surface area contributed by atoms with Crippen molar-refractivity contribution >= 4 is 5.97 Å². The summed E-state index contributed by atoms with van der Waals surface area (Å²) in [7, 11) is 0. The van der Waals surface area contributed by atoms with Gasteiger partial charge in [0.25, 0.3) is 0 Å². The van der Waals surface area contributed by atoms with Crippen molar-refractivity contribution < 1.29 is 9.53 Å². The average Bonchev–Trinajstić information content (AvgIpc) is 2.59. The van der Waals surface area contributed by atoms with E-state index in [1.165, 1.54) is 51.4 Å². The van der Waals surface area contributed by atoms with Crippen molar-refractivity contribution in [1.82, 2.24) is 0 Å². The van der Waals surface area contributed by atoms with Gasteiger partial charge in [-0.15, -0.1) is 0 Å². The molecule has 2 nitrogen and oxygen atoms in total. The molecule has 0 saturated carbocycles. The standard InChI is InChI=1S/C22H36O2/c1-4-6-7-8-9-10-11-12-13-17-21(5-2)24-22(23)20-16-14-15-19(3)18-20/h14-16,18,21H,4-13,17H2,1-3H3. The van der Waals surface area contributed by atoms with Crippen LogP contribution >= 0.6 is 0 Å². The molecule has 1 atom stereocenters. The number of unbranched alkanes of at least 4 members (excludes halogenated alkanes) is 8. The van der Waals surface area contributed by atoms with E-state index in [-0.39, 0.29) is 12.1 Å². The summed E-state index contributed by atoms with van der Waals surface area (Å²) in [5.41, 5.74) is 1.76. The summed E-state index contributed by atoms with van der Waals surface area (Å²) in [5.74, 6) is -0.179. The van der Waals surface area contributed by atoms with Crippen molar-refractivity contribution in [2.24, 2.45) is 0 Å². The van der Waals surface area contributed by atoms with E-state index in [9.17, 15) is 4.79 Å². The van der Waals surface area contributed by atoms with Crippen molar-refractivity contribution in [2.75, 3.05) is 0 Å². The first-order valence-electron chi connectivity index (χ1n) is 9.95. The lowest BCUT2D eigenvalue weighted by Crippen LogP contribution is -2.17. The molecule has 0 bridgehead atoms. The van der Waals surface area contributed by atoms with E-state index in [1.54, 1.807) is 0 Å². The molecule has 0 aromatic heterocycles. The molecule has 0 heterocycles. The van der Waals surface area contributed by atoms with Crippen molar-refractivity contribution in [1.29, 1.82) is 0 Å². The van der Waals surface area contributed by atoms with Crippen LogP contribution in [0.2, 0.25) is 0 Å². The minimum Gasteiger partial charge on any atom is -0.459 e. The van der Waals surface area contributed by atoms with Crippen LogP contribution < -0.4 is 0 Å². The molecule has 0 saturated heterocycles. The van der Waals surface area contributed by atoms with E-state index < -0.39 is 0 Å². The van der Waals surface area contributed by atoms with Gasteiger partial charge in [-0.05, 0) is 38.3 Å². The highest BCUT2D eigenvalue weighted by molar-refractivity contribution is 5.89. The molecule has 0 radical (unpaired) electrons. The summed E-state index contributed by atoms with van der Waals surface area (Å²) >= 11 is 0. The summed E-state index contributed by atoms with van der Waals surface area (Å²) in [6.45, 7) is 6.36. The van der Waals surface area contributed by atoms with E-state index in [4.69, 9.17) is 4.74 Å². The second kappa shape index (κ2) is 13.0. The Morgan fingerprint density at radius 3 is 2.17 bits per heavy atom. The number of benzene rings is 1. The number of esters is 1. The number of carbonyl (C=O) groups excluding carboxylic acids is 1. The highest BCUT2D eigenvalue weighted by Gasteiger charge is 2.14. The molecule has 1 unspecified atom stereocenters. The lowest BCUT2D eigenvalue weighted by molar-refractivity contribution is 0.0267. The summed E-state index contributed by atoms with van der Waals surface area (Å²) in [6, 6.07) is 7.64. The molecule has 0 aliphatic carbocycles. The smallest absolute Gasteiger partial charge is 0.338 e. The molecule has 0 aliphatic heterocycles. The lowest BCUT2D eigenvalue weighted by Gasteiger charge is -2.16. The van der Waals surface area contributed by atoms with Crippen molar-refractivity contribution in [3.05, 3.63) is 35.4 Å². The normalized spacial score (nSPS) is 12.1. The Labute approximate surface area is 149 Å². The van der Waals surface area contributed by atoms with Crippen LogP contribution in [-0.4, -0.2) is 12.1 Å². The Bertz CT molecular complexity index is 453. The molecule has 1 rings (SSSR count). The Hall–Kier alpha value is -1.31. The van der Waals surface area contributed by atoms with Crippen molar-refractivity contribution in [2.45, 2.75) is 97.5 Å². The van der Waals surface area contributed by atoms with E-state index in [0.717, 1.165) is 24.8 Å². The predicted octanol–water partition coefficient (Wildman–Crippen LogP) is 6.85. The second-order valence-electron chi connectivity index (χ2n) is 6.92. The summed E-state index contributed by atoms with van der Waals surface area (Å²) < 4.78 is 5.67. The van der Waals surface area contributed by atoms with Gasteiger partial charge in [0.05, 0.1) is 5.56 Å². The highest BCUT2D eigenvalue weighted by Crippen LogP contribution is 2.15.